The summed E-state index contributed by atoms with van der Waals surface area (Å²) in [4.78, 5) is 12.2. The van der Waals surface area contributed by atoms with Crippen LogP contribution in [0.2, 0.25) is 0 Å². The highest BCUT2D eigenvalue weighted by Gasteiger charge is 2.17. The van der Waals surface area contributed by atoms with Crippen molar-refractivity contribution in [3.63, 3.8) is 0 Å². The molecule has 1 aliphatic rings. The first-order chi connectivity index (χ1) is 10.3. The van der Waals surface area contributed by atoms with Crippen molar-refractivity contribution in [2.24, 2.45) is 5.14 Å². The van der Waals surface area contributed by atoms with Gasteiger partial charge in [0.05, 0.1) is 4.90 Å². The lowest BCUT2D eigenvalue weighted by Crippen LogP contribution is -2.30. The lowest BCUT2D eigenvalue weighted by molar-refractivity contribution is 0.0956. The summed E-state index contributed by atoms with van der Waals surface area (Å²) in [5.74, 6) is -0.299. The van der Waals surface area contributed by atoms with Crippen molar-refractivity contribution in [1.29, 1.82) is 0 Å². The third kappa shape index (κ3) is 3.94. The van der Waals surface area contributed by atoms with Crippen LogP contribution in [0, 0.1) is 13.8 Å². The summed E-state index contributed by atoms with van der Waals surface area (Å²) in [5, 5.41) is 11.2. The van der Waals surface area contributed by atoms with Crippen molar-refractivity contribution < 1.29 is 13.2 Å². The van der Waals surface area contributed by atoms with Crippen molar-refractivity contribution in [2.75, 3.05) is 19.6 Å². The summed E-state index contributed by atoms with van der Waals surface area (Å²) >= 11 is 0. The minimum absolute atomic E-state index is 0.00117. The zero-order chi connectivity index (χ0) is 16.3. The van der Waals surface area contributed by atoms with Gasteiger partial charge in [-0.2, -0.15) is 0 Å². The van der Waals surface area contributed by atoms with Gasteiger partial charge in [-0.1, -0.05) is 11.6 Å². The van der Waals surface area contributed by atoms with E-state index in [-0.39, 0.29) is 10.8 Å². The Hall–Kier alpha value is -1.70. The molecule has 0 unspecified atom stereocenters. The second-order valence-corrected chi connectivity index (χ2v) is 6.99. The molecule has 1 amide bonds. The monoisotopic (exact) mass is 323 g/mol. The third-order valence-corrected chi connectivity index (χ3v) is 4.86. The molecular formula is C15H21N3O3S. The highest BCUT2D eigenvalue weighted by Crippen LogP contribution is 2.20. The van der Waals surface area contributed by atoms with Crippen molar-refractivity contribution >= 4 is 15.9 Å². The summed E-state index contributed by atoms with van der Waals surface area (Å²) in [6.07, 6.45) is 2.95. The minimum Gasteiger partial charge on any atom is -0.348 e. The van der Waals surface area contributed by atoms with Gasteiger partial charge in [0.1, 0.15) is 0 Å². The van der Waals surface area contributed by atoms with E-state index in [1.807, 2.05) is 0 Å². The Kier molecular flexibility index (Phi) is 5.00. The van der Waals surface area contributed by atoms with Crippen molar-refractivity contribution in [2.45, 2.75) is 25.2 Å². The standard InChI is InChI=1S/C15H21N3O3S/c1-10-7-13(8-14(11(10)2)22(16,20)21)15(19)18-9-12-3-5-17-6-4-12/h3,7-8,17H,4-6,9H2,1-2H3,(H,18,19)(H2,16,20,21). The normalized spacial score (nSPS) is 15.3. The minimum atomic E-state index is -3.85. The van der Waals surface area contributed by atoms with Crippen LogP contribution in [0.15, 0.2) is 28.7 Å². The average molecular weight is 323 g/mol. The van der Waals surface area contributed by atoms with Crippen molar-refractivity contribution in [3.8, 4) is 0 Å². The van der Waals surface area contributed by atoms with Gasteiger partial charge in [-0.15, -0.1) is 0 Å². The maximum Gasteiger partial charge on any atom is 0.251 e. The predicted molar refractivity (Wildman–Crippen MR) is 85.2 cm³/mol. The largest absolute Gasteiger partial charge is 0.348 e. The first kappa shape index (κ1) is 16.7. The van der Waals surface area contributed by atoms with Crippen LogP contribution in [0.25, 0.3) is 0 Å². The van der Waals surface area contributed by atoms with E-state index in [2.05, 4.69) is 16.7 Å². The third-order valence-electron chi connectivity index (χ3n) is 3.82. The van der Waals surface area contributed by atoms with Gasteiger partial charge in [-0.25, -0.2) is 13.6 Å². The summed E-state index contributed by atoms with van der Waals surface area (Å²) in [6, 6.07) is 3.01. The van der Waals surface area contributed by atoms with Crippen LogP contribution < -0.4 is 15.8 Å². The summed E-state index contributed by atoms with van der Waals surface area (Å²) in [6.45, 7) is 5.62. The molecule has 0 saturated carbocycles. The molecule has 0 atom stereocenters. The van der Waals surface area contributed by atoms with Crippen LogP contribution >= 0.6 is 0 Å². The maximum absolute atomic E-state index is 12.2. The molecular weight excluding hydrogens is 302 g/mol. The zero-order valence-electron chi connectivity index (χ0n) is 12.8. The Morgan fingerprint density at radius 2 is 2.09 bits per heavy atom. The van der Waals surface area contributed by atoms with Crippen LogP contribution in [-0.2, 0) is 10.0 Å². The first-order valence-electron chi connectivity index (χ1n) is 7.10. The van der Waals surface area contributed by atoms with E-state index in [1.54, 1.807) is 19.9 Å². The molecule has 0 bridgehead atoms. The van der Waals surface area contributed by atoms with Gasteiger partial charge in [0, 0.05) is 18.7 Å². The van der Waals surface area contributed by atoms with Crippen LogP contribution in [0.3, 0.4) is 0 Å². The van der Waals surface area contributed by atoms with E-state index in [0.29, 0.717) is 17.7 Å². The number of carbonyl (C=O) groups is 1. The molecule has 2 rings (SSSR count). The van der Waals surface area contributed by atoms with E-state index in [4.69, 9.17) is 5.14 Å². The highest BCUT2D eigenvalue weighted by atomic mass is 32.2. The molecule has 0 radical (unpaired) electrons. The number of amides is 1. The van der Waals surface area contributed by atoms with E-state index < -0.39 is 10.0 Å². The molecule has 1 aromatic rings. The number of hydrogen-bond acceptors (Lipinski definition) is 4. The second-order valence-electron chi connectivity index (χ2n) is 5.46. The molecule has 0 fully saturated rings. The van der Waals surface area contributed by atoms with E-state index >= 15 is 0 Å². The number of sulfonamides is 1. The Bertz CT molecular complexity index is 724. The molecule has 0 aliphatic carbocycles. The van der Waals surface area contributed by atoms with Crippen molar-refractivity contribution in [1.82, 2.24) is 10.6 Å². The lowest BCUT2D eigenvalue weighted by atomic mass is 10.1. The first-order valence-corrected chi connectivity index (χ1v) is 8.64. The topological polar surface area (TPSA) is 101 Å². The molecule has 120 valence electrons. The van der Waals surface area contributed by atoms with Gasteiger partial charge in [-0.05, 0) is 50.1 Å². The van der Waals surface area contributed by atoms with Gasteiger partial charge in [0.25, 0.3) is 5.91 Å². The predicted octanol–water partition coefficient (Wildman–Crippen LogP) is 0.600. The zero-order valence-corrected chi connectivity index (χ0v) is 13.6. The Labute approximate surface area is 130 Å². The average Bonchev–Trinajstić information content (AvgIpc) is 2.47. The number of rotatable bonds is 4. The fourth-order valence-electron chi connectivity index (χ4n) is 2.38. The molecule has 0 aromatic heterocycles. The van der Waals surface area contributed by atoms with Gasteiger partial charge < -0.3 is 10.6 Å². The Morgan fingerprint density at radius 3 is 2.68 bits per heavy atom. The number of nitrogens with two attached hydrogens (primary N) is 1. The summed E-state index contributed by atoms with van der Waals surface area (Å²) in [7, 11) is -3.85. The van der Waals surface area contributed by atoms with E-state index in [1.165, 1.54) is 11.6 Å². The Morgan fingerprint density at radius 1 is 1.36 bits per heavy atom. The molecule has 22 heavy (non-hydrogen) atoms. The number of benzene rings is 1. The Balaban J connectivity index is 2.19. The SMILES string of the molecule is Cc1cc(C(=O)NCC2=CCNCC2)cc(S(N)(=O)=O)c1C. The van der Waals surface area contributed by atoms with Crippen molar-refractivity contribution in [3.05, 3.63) is 40.5 Å². The van der Waals surface area contributed by atoms with Crippen LogP contribution in [0.1, 0.15) is 27.9 Å². The fourth-order valence-corrected chi connectivity index (χ4v) is 3.26. The summed E-state index contributed by atoms with van der Waals surface area (Å²) in [5.41, 5.74) is 2.77. The lowest BCUT2D eigenvalue weighted by Gasteiger charge is -2.15. The fraction of sp³-hybridized carbons (Fsp3) is 0.400. The number of primary sulfonamides is 1. The number of hydrogen-bond donors (Lipinski definition) is 3. The second kappa shape index (κ2) is 6.60. The van der Waals surface area contributed by atoms with Gasteiger partial charge in [0.2, 0.25) is 10.0 Å². The molecule has 1 heterocycles. The molecule has 7 heteroatoms. The van der Waals surface area contributed by atoms with Crippen LogP contribution in [-0.4, -0.2) is 34.0 Å². The number of aryl methyl sites for hydroxylation is 1. The van der Waals surface area contributed by atoms with E-state index in [9.17, 15) is 13.2 Å². The smallest absolute Gasteiger partial charge is 0.251 e. The maximum atomic E-state index is 12.2. The van der Waals surface area contributed by atoms with Crippen LogP contribution in [0.4, 0.5) is 0 Å². The van der Waals surface area contributed by atoms with Gasteiger partial charge >= 0.3 is 0 Å². The number of carbonyl (C=O) groups excluding carboxylic acids is 1. The molecule has 0 spiro atoms. The van der Waals surface area contributed by atoms with Crippen LogP contribution in [0.5, 0.6) is 0 Å². The molecule has 1 aromatic carbocycles. The van der Waals surface area contributed by atoms with Gasteiger partial charge in [-0.3, -0.25) is 4.79 Å². The van der Waals surface area contributed by atoms with E-state index in [0.717, 1.165) is 25.1 Å². The highest BCUT2D eigenvalue weighted by molar-refractivity contribution is 7.89. The molecule has 0 saturated heterocycles. The van der Waals surface area contributed by atoms with Gasteiger partial charge in [0.15, 0.2) is 0 Å². The molecule has 6 nitrogen and oxygen atoms in total. The summed E-state index contributed by atoms with van der Waals surface area (Å²) < 4.78 is 23.2. The quantitative estimate of drug-likeness (QED) is 0.706. The number of nitrogens with one attached hydrogen (secondary N) is 2. The molecule has 4 N–H and O–H groups in total. The molecule has 1 aliphatic heterocycles.